The van der Waals surface area contributed by atoms with E-state index in [4.69, 9.17) is 0 Å². The van der Waals surface area contributed by atoms with Crippen molar-refractivity contribution >= 4 is 32.1 Å². The Kier molecular flexibility index (Phi) is 3.89. The Hall–Kier alpha value is -1.40. The summed E-state index contributed by atoms with van der Waals surface area (Å²) >= 11 is 0. The van der Waals surface area contributed by atoms with Crippen LogP contribution < -0.4 is 10.9 Å². The zero-order chi connectivity index (χ0) is 16.0. The van der Waals surface area contributed by atoms with E-state index in [-0.39, 0.29) is 10.5 Å². The first-order chi connectivity index (χ1) is 11.3. The summed E-state index contributed by atoms with van der Waals surface area (Å²) in [7, 11) is 0.118. The van der Waals surface area contributed by atoms with Crippen molar-refractivity contribution in [3.63, 3.8) is 0 Å². The number of hydrogen-bond acceptors (Lipinski definition) is 4. The molecule has 2 aliphatic rings. The van der Waals surface area contributed by atoms with Gasteiger partial charge in [0, 0.05) is 16.8 Å². The number of hydrazine groups is 2. The lowest BCUT2D eigenvalue weighted by molar-refractivity contribution is 0.362. The van der Waals surface area contributed by atoms with E-state index in [2.05, 4.69) is 72.0 Å². The van der Waals surface area contributed by atoms with Gasteiger partial charge in [0.05, 0.1) is 12.4 Å². The van der Waals surface area contributed by atoms with Gasteiger partial charge < -0.3 is 5.43 Å². The van der Waals surface area contributed by atoms with Gasteiger partial charge in [-0.1, -0.05) is 45.0 Å². The van der Waals surface area contributed by atoms with Crippen LogP contribution in [0.1, 0.15) is 26.3 Å². The largest absolute Gasteiger partial charge is 0.310 e. The van der Waals surface area contributed by atoms with Crippen molar-refractivity contribution in [2.24, 2.45) is 0 Å². The quantitative estimate of drug-likeness (QED) is 0.843. The number of nitrogens with zero attached hydrogens (tertiary/aromatic N) is 2. The standard InChI is InChI=1S/C18H24N4S/c1-4-13-7-9-15-14(11-13)8-10-16-17(15)20-22-12-19-21(5-2)18(22)23(16)6-3/h7-11,19-20H,4-6,12H2,1-3H3. The maximum absolute atomic E-state index is 3.67. The molecule has 2 heterocycles. The van der Waals surface area contributed by atoms with Crippen LogP contribution in [0.25, 0.3) is 10.8 Å². The minimum absolute atomic E-state index is 0.118. The van der Waals surface area contributed by atoms with Gasteiger partial charge in [0.15, 0.2) is 0 Å². The predicted molar refractivity (Wildman–Crippen MR) is 101 cm³/mol. The lowest BCUT2D eigenvalue weighted by atomic mass is 10.0. The summed E-state index contributed by atoms with van der Waals surface area (Å²) < 4.78 is 0. The van der Waals surface area contributed by atoms with Crippen molar-refractivity contribution in [2.45, 2.75) is 32.1 Å². The normalized spacial score (nSPS) is 21.3. The molecule has 2 aliphatic heterocycles. The Labute approximate surface area is 140 Å². The van der Waals surface area contributed by atoms with Crippen LogP contribution in [0.2, 0.25) is 0 Å². The molecule has 0 spiro atoms. The van der Waals surface area contributed by atoms with Gasteiger partial charge in [-0.3, -0.25) is 0 Å². The second-order valence-electron chi connectivity index (χ2n) is 5.91. The molecule has 4 rings (SSSR count). The highest BCUT2D eigenvalue weighted by Gasteiger charge is 2.33. The second-order valence-corrected chi connectivity index (χ2v) is 8.07. The number of benzene rings is 2. The molecule has 5 heteroatoms. The molecular weight excluding hydrogens is 304 g/mol. The Morgan fingerprint density at radius 3 is 2.74 bits per heavy atom. The summed E-state index contributed by atoms with van der Waals surface area (Å²) in [5.74, 6) is 1.14. The fourth-order valence-corrected chi connectivity index (χ4v) is 5.69. The van der Waals surface area contributed by atoms with Crippen molar-refractivity contribution in [3.8, 4) is 0 Å². The maximum Gasteiger partial charge on any atom is 0.126 e. The molecular formula is C18H24N4S. The molecule has 0 radical (unpaired) electrons. The van der Waals surface area contributed by atoms with Gasteiger partial charge in [0.25, 0.3) is 0 Å². The van der Waals surface area contributed by atoms with Crippen LogP contribution in [0, 0.1) is 0 Å². The van der Waals surface area contributed by atoms with Crippen LogP contribution in [-0.2, 0) is 6.42 Å². The molecule has 2 aromatic carbocycles. The van der Waals surface area contributed by atoms with Crippen LogP contribution in [0.15, 0.2) is 35.2 Å². The highest BCUT2D eigenvalue weighted by molar-refractivity contribution is 8.16. The third-order valence-corrected chi connectivity index (χ3v) is 7.00. The number of aryl methyl sites for hydroxylation is 1. The average Bonchev–Trinajstić information content (AvgIpc) is 3.01. The first-order valence-electron chi connectivity index (χ1n) is 8.45. The third kappa shape index (κ3) is 2.31. The molecule has 0 bridgehead atoms. The first-order valence-corrected chi connectivity index (χ1v) is 9.84. The minimum atomic E-state index is 0.118. The highest BCUT2D eigenvalue weighted by atomic mass is 32.2. The summed E-state index contributed by atoms with van der Waals surface area (Å²) in [6.07, 6.45) is 1.08. The molecule has 1 atom stereocenters. The average molecular weight is 328 g/mol. The molecule has 1 fully saturated rings. The van der Waals surface area contributed by atoms with Crippen LogP contribution in [-0.4, -0.2) is 34.1 Å². The molecule has 2 N–H and O–H groups in total. The van der Waals surface area contributed by atoms with Crippen molar-refractivity contribution < 1.29 is 0 Å². The van der Waals surface area contributed by atoms with Gasteiger partial charge in [-0.2, -0.15) is 10.0 Å². The molecule has 4 nitrogen and oxygen atoms in total. The molecule has 0 aromatic heterocycles. The molecule has 23 heavy (non-hydrogen) atoms. The molecule has 0 saturated carbocycles. The molecule has 1 unspecified atom stereocenters. The summed E-state index contributed by atoms with van der Waals surface area (Å²) in [5, 5.41) is 8.61. The minimum Gasteiger partial charge on any atom is -0.310 e. The van der Waals surface area contributed by atoms with E-state index < -0.39 is 0 Å². The number of rotatable bonds is 3. The molecule has 2 aromatic rings. The van der Waals surface area contributed by atoms with E-state index in [1.165, 1.54) is 32.0 Å². The van der Waals surface area contributed by atoms with Crippen LogP contribution >= 0.6 is 10.5 Å². The van der Waals surface area contributed by atoms with Crippen molar-refractivity contribution in [1.29, 1.82) is 0 Å². The molecule has 0 aliphatic carbocycles. The van der Waals surface area contributed by atoms with Crippen LogP contribution in [0.5, 0.6) is 0 Å². The van der Waals surface area contributed by atoms with Gasteiger partial charge in [-0.15, -0.1) is 10.5 Å². The Balaban J connectivity index is 1.93. The van der Waals surface area contributed by atoms with Crippen molar-refractivity contribution in [2.75, 3.05) is 24.4 Å². The number of anilines is 1. The monoisotopic (exact) mass is 328 g/mol. The maximum atomic E-state index is 3.67. The molecule has 1 saturated heterocycles. The lowest BCUT2D eigenvalue weighted by Gasteiger charge is -2.32. The summed E-state index contributed by atoms with van der Waals surface area (Å²) in [5.41, 5.74) is 9.84. The van der Waals surface area contributed by atoms with E-state index >= 15 is 0 Å². The van der Waals surface area contributed by atoms with E-state index in [1.54, 1.807) is 0 Å². The van der Waals surface area contributed by atoms with Gasteiger partial charge in [-0.05, 0) is 29.2 Å². The first kappa shape index (κ1) is 15.1. The topological polar surface area (TPSA) is 30.5 Å². The Morgan fingerprint density at radius 2 is 2.00 bits per heavy atom. The predicted octanol–water partition coefficient (Wildman–Crippen LogP) is 3.58. The van der Waals surface area contributed by atoms with Gasteiger partial charge in [0.1, 0.15) is 5.11 Å². The number of hydrogen-bond donors (Lipinski definition) is 2. The fraction of sp³-hybridized carbons (Fsp3) is 0.389. The van der Waals surface area contributed by atoms with Crippen molar-refractivity contribution in [1.82, 2.24) is 15.4 Å². The smallest absolute Gasteiger partial charge is 0.126 e. The fourth-order valence-electron chi connectivity index (χ4n) is 3.46. The van der Waals surface area contributed by atoms with Crippen molar-refractivity contribution in [3.05, 3.63) is 35.9 Å². The Morgan fingerprint density at radius 1 is 1.13 bits per heavy atom. The van der Waals surface area contributed by atoms with E-state index in [9.17, 15) is 0 Å². The Bertz CT molecular complexity index is 799. The summed E-state index contributed by atoms with van der Waals surface area (Å²) in [6.45, 7) is 8.51. The summed E-state index contributed by atoms with van der Waals surface area (Å²) in [4.78, 5) is 1.44. The third-order valence-electron chi connectivity index (χ3n) is 4.67. The molecule has 0 amide bonds. The highest BCUT2D eigenvalue weighted by Crippen LogP contribution is 2.44. The van der Waals surface area contributed by atoms with E-state index in [0.717, 1.165) is 25.4 Å². The summed E-state index contributed by atoms with van der Waals surface area (Å²) in [6, 6.07) is 11.5. The number of nitrogens with one attached hydrogen (secondary N) is 2. The van der Waals surface area contributed by atoms with Crippen LogP contribution in [0.4, 0.5) is 5.69 Å². The van der Waals surface area contributed by atoms with Gasteiger partial charge >= 0.3 is 0 Å². The lowest BCUT2D eigenvalue weighted by Crippen LogP contribution is -2.40. The zero-order valence-corrected chi connectivity index (χ0v) is 14.8. The number of fused-ring (bicyclic) bond motifs is 4. The van der Waals surface area contributed by atoms with Gasteiger partial charge in [-0.25, -0.2) is 5.43 Å². The SMILES string of the molecule is CCc1ccc2c3c(ccc2c1)S(CC)=C1N(CC)NCN1N3. The van der Waals surface area contributed by atoms with Crippen LogP contribution in [0.3, 0.4) is 0 Å². The van der Waals surface area contributed by atoms with E-state index in [0.29, 0.717) is 0 Å². The molecule has 122 valence electrons. The van der Waals surface area contributed by atoms with Gasteiger partial charge in [0.2, 0.25) is 0 Å². The zero-order valence-electron chi connectivity index (χ0n) is 14.0. The van der Waals surface area contributed by atoms with E-state index in [1.807, 2.05) is 0 Å². The second kappa shape index (κ2) is 5.91.